The second-order valence-electron chi connectivity index (χ2n) is 9.14. The number of carbonyl (C=O) groups excluding carboxylic acids is 2. The first kappa shape index (κ1) is 26.6. The topological polar surface area (TPSA) is 137 Å². The highest BCUT2D eigenvalue weighted by Crippen LogP contribution is 2.39. The largest absolute Gasteiger partial charge is 0.492 e. The molecule has 2 aromatic carbocycles. The van der Waals surface area contributed by atoms with Crippen molar-refractivity contribution in [2.75, 3.05) is 23.4 Å². The molecule has 3 aromatic rings. The predicted octanol–water partition coefficient (Wildman–Crippen LogP) is 4.32. The van der Waals surface area contributed by atoms with Crippen molar-refractivity contribution >= 4 is 33.6 Å². The van der Waals surface area contributed by atoms with Gasteiger partial charge in [-0.2, -0.15) is 4.98 Å². The van der Waals surface area contributed by atoms with Gasteiger partial charge in [0, 0.05) is 17.8 Å². The zero-order valence-electron chi connectivity index (χ0n) is 20.9. The maximum Gasteiger partial charge on any atom is 0.255 e. The van der Waals surface area contributed by atoms with Crippen molar-refractivity contribution in [1.82, 2.24) is 9.97 Å². The number of nitrogens with zero attached hydrogens (tertiary/aromatic N) is 2. The molecular weight excluding hydrogens is 484 g/mol. The number of anilines is 2. The van der Waals surface area contributed by atoms with Crippen molar-refractivity contribution in [1.29, 1.82) is 0 Å². The molecule has 36 heavy (non-hydrogen) atoms. The number of methoxy groups -OCH3 is 1. The SMILES string of the molecule is COc1c(NC(=O)c2ccc(C)c(Oc3ccnc(C=O)n3)c2)cc(C(C)(C)C)cc1NS(C)(=O)=O. The highest BCUT2D eigenvalue weighted by Gasteiger charge is 2.22. The molecule has 0 saturated carbocycles. The Balaban J connectivity index is 1.98. The zero-order chi connectivity index (χ0) is 26.7. The maximum absolute atomic E-state index is 13.2. The van der Waals surface area contributed by atoms with Crippen LogP contribution in [0.1, 0.15) is 52.9 Å². The molecule has 190 valence electrons. The smallest absolute Gasteiger partial charge is 0.255 e. The Hall–Kier alpha value is -3.99. The summed E-state index contributed by atoms with van der Waals surface area (Å²) in [4.78, 5) is 32.0. The van der Waals surface area contributed by atoms with E-state index < -0.39 is 15.9 Å². The summed E-state index contributed by atoms with van der Waals surface area (Å²) in [5, 5.41) is 2.82. The third-order valence-electron chi connectivity index (χ3n) is 5.12. The number of aromatic nitrogens is 2. The predicted molar refractivity (Wildman–Crippen MR) is 137 cm³/mol. The lowest BCUT2D eigenvalue weighted by molar-refractivity contribution is 0.102. The fraction of sp³-hybridized carbons (Fsp3) is 0.280. The number of amides is 1. The monoisotopic (exact) mass is 512 g/mol. The number of carbonyl (C=O) groups is 2. The zero-order valence-corrected chi connectivity index (χ0v) is 21.7. The summed E-state index contributed by atoms with van der Waals surface area (Å²) in [5.74, 6) is 0.207. The van der Waals surface area contributed by atoms with Crippen molar-refractivity contribution in [3.8, 4) is 17.4 Å². The van der Waals surface area contributed by atoms with Gasteiger partial charge in [-0.25, -0.2) is 13.4 Å². The molecule has 0 aliphatic carbocycles. The number of benzene rings is 2. The molecule has 0 bridgehead atoms. The first-order valence-electron chi connectivity index (χ1n) is 10.9. The number of ether oxygens (including phenoxy) is 2. The molecule has 0 saturated heterocycles. The molecule has 1 heterocycles. The van der Waals surface area contributed by atoms with Crippen molar-refractivity contribution in [3.05, 3.63) is 65.1 Å². The Morgan fingerprint density at radius 3 is 2.39 bits per heavy atom. The first-order chi connectivity index (χ1) is 16.8. The summed E-state index contributed by atoms with van der Waals surface area (Å²) in [6.07, 6.45) is 2.95. The van der Waals surface area contributed by atoms with Gasteiger partial charge in [-0.3, -0.25) is 14.3 Å². The van der Waals surface area contributed by atoms with Crippen molar-refractivity contribution in [3.63, 3.8) is 0 Å². The van der Waals surface area contributed by atoms with Crippen LogP contribution in [-0.4, -0.2) is 43.9 Å². The lowest BCUT2D eigenvalue weighted by Crippen LogP contribution is -2.18. The molecule has 2 N–H and O–H groups in total. The molecule has 11 heteroatoms. The Kier molecular flexibility index (Phi) is 7.63. The number of hydrogen-bond donors (Lipinski definition) is 2. The molecule has 1 amide bonds. The van der Waals surface area contributed by atoms with Gasteiger partial charge in [0.05, 0.1) is 24.7 Å². The van der Waals surface area contributed by atoms with Crippen LogP contribution in [0.3, 0.4) is 0 Å². The highest BCUT2D eigenvalue weighted by molar-refractivity contribution is 7.92. The standard InChI is InChI=1S/C25H28N4O6S/c1-15-7-8-16(11-20(15)35-22-9-10-26-21(14-30)28-22)24(31)27-18-12-17(25(2,3)4)13-19(23(18)34-5)29-36(6,32)33/h7-14,29H,1-6H3,(H,27,31). The second kappa shape index (κ2) is 10.3. The molecule has 0 radical (unpaired) electrons. The molecule has 0 unspecified atom stereocenters. The van der Waals surface area contributed by atoms with E-state index in [2.05, 4.69) is 20.0 Å². The Morgan fingerprint density at radius 1 is 1.08 bits per heavy atom. The quantitative estimate of drug-likeness (QED) is 0.426. The Bertz CT molecular complexity index is 1410. The molecule has 3 rings (SSSR count). The summed E-state index contributed by atoms with van der Waals surface area (Å²) >= 11 is 0. The van der Waals surface area contributed by atoms with Gasteiger partial charge >= 0.3 is 0 Å². The lowest BCUT2D eigenvalue weighted by Gasteiger charge is -2.24. The Morgan fingerprint density at radius 2 is 1.78 bits per heavy atom. The maximum atomic E-state index is 13.2. The van der Waals surface area contributed by atoms with Gasteiger partial charge in [-0.05, 0) is 47.7 Å². The van der Waals surface area contributed by atoms with Crippen LogP contribution in [0.25, 0.3) is 0 Å². The van der Waals surface area contributed by atoms with Crippen LogP contribution in [0.2, 0.25) is 0 Å². The number of nitrogens with one attached hydrogen (secondary N) is 2. The van der Waals surface area contributed by atoms with Gasteiger partial charge in [-0.15, -0.1) is 0 Å². The van der Waals surface area contributed by atoms with Gasteiger partial charge in [0.15, 0.2) is 17.9 Å². The molecular formula is C25H28N4O6S. The van der Waals surface area contributed by atoms with Crippen LogP contribution in [0.15, 0.2) is 42.6 Å². The van der Waals surface area contributed by atoms with Crippen LogP contribution in [-0.2, 0) is 15.4 Å². The Labute approximate surface area is 210 Å². The number of aldehydes is 1. The van der Waals surface area contributed by atoms with Crippen molar-refractivity contribution < 1.29 is 27.5 Å². The van der Waals surface area contributed by atoms with Gasteiger partial charge in [0.25, 0.3) is 5.91 Å². The second-order valence-corrected chi connectivity index (χ2v) is 10.9. The first-order valence-corrected chi connectivity index (χ1v) is 12.8. The number of aryl methyl sites for hydroxylation is 1. The summed E-state index contributed by atoms with van der Waals surface area (Å²) < 4.78 is 37.6. The number of rotatable bonds is 8. The lowest BCUT2D eigenvalue weighted by atomic mass is 9.86. The van der Waals surface area contributed by atoms with Crippen LogP contribution in [0.4, 0.5) is 11.4 Å². The number of sulfonamides is 1. The third-order valence-corrected chi connectivity index (χ3v) is 5.71. The average Bonchev–Trinajstić information content (AvgIpc) is 2.78. The van der Waals surface area contributed by atoms with E-state index in [9.17, 15) is 18.0 Å². The van der Waals surface area contributed by atoms with Crippen molar-refractivity contribution in [2.24, 2.45) is 0 Å². The molecule has 0 fully saturated rings. The number of hydrogen-bond acceptors (Lipinski definition) is 8. The minimum absolute atomic E-state index is 0.0246. The summed E-state index contributed by atoms with van der Waals surface area (Å²) in [5.41, 5.74) is 1.97. The van der Waals surface area contributed by atoms with Gasteiger partial charge in [0.2, 0.25) is 15.9 Å². The minimum Gasteiger partial charge on any atom is -0.492 e. The van der Waals surface area contributed by atoms with Gasteiger partial charge < -0.3 is 14.8 Å². The van der Waals surface area contributed by atoms with E-state index in [1.165, 1.54) is 19.4 Å². The normalized spacial score (nSPS) is 11.5. The van der Waals surface area contributed by atoms with E-state index in [0.717, 1.165) is 17.4 Å². The van der Waals surface area contributed by atoms with E-state index in [-0.39, 0.29) is 34.1 Å². The van der Waals surface area contributed by atoms with Crippen LogP contribution < -0.4 is 19.5 Å². The van der Waals surface area contributed by atoms with Crippen LogP contribution in [0.5, 0.6) is 17.4 Å². The van der Waals surface area contributed by atoms with E-state index in [0.29, 0.717) is 17.7 Å². The minimum atomic E-state index is -3.61. The molecule has 10 nitrogen and oxygen atoms in total. The van der Waals surface area contributed by atoms with Gasteiger partial charge in [0.1, 0.15) is 5.75 Å². The molecule has 0 spiro atoms. The average molecular weight is 513 g/mol. The fourth-order valence-corrected chi connectivity index (χ4v) is 3.83. The van der Waals surface area contributed by atoms with E-state index in [1.807, 2.05) is 20.8 Å². The summed E-state index contributed by atoms with van der Waals surface area (Å²) in [7, 11) is -2.21. The van der Waals surface area contributed by atoms with E-state index in [1.54, 1.807) is 37.3 Å². The highest BCUT2D eigenvalue weighted by atomic mass is 32.2. The molecule has 0 atom stereocenters. The van der Waals surface area contributed by atoms with E-state index >= 15 is 0 Å². The van der Waals surface area contributed by atoms with E-state index in [4.69, 9.17) is 9.47 Å². The fourth-order valence-electron chi connectivity index (χ4n) is 3.28. The molecule has 0 aliphatic heterocycles. The van der Waals surface area contributed by atoms with Crippen molar-refractivity contribution in [2.45, 2.75) is 33.1 Å². The van der Waals surface area contributed by atoms with Crippen LogP contribution >= 0.6 is 0 Å². The summed E-state index contributed by atoms with van der Waals surface area (Å²) in [6, 6.07) is 9.82. The van der Waals surface area contributed by atoms with Crippen LogP contribution in [0, 0.1) is 6.92 Å². The summed E-state index contributed by atoms with van der Waals surface area (Å²) in [6.45, 7) is 7.71. The molecule has 1 aromatic heterocycles. The van der Waals surface area contributed by atoms with Gasteiger partial charge in [-0.1, -0.05) is 26.8 Å². The third kappa shape index (κ3) is 6.57. The molecule has 0 aliphatic rings.